The highest BCUT2D eigenvalue weighted by atomic mass is 35.5. The highest BCUT2D eigenvalue weighted by Crippen LogP contribution is 2.37. The van der Waals surface area contributed by atoms with E-state index >= 15 is 0 Å². The average Bonchev–Trinajstić information content (AvgIpc) is 3.08. The van der Waals surface area contributed by atoms with Crippen LogP contribution >= 0.6 is 11.6 Å². The summed E-state index contributed by atoms with van der Waals surface area (Å²) in [4.78, 5) is 22.9. The average molecular weight is 271 g/mol. The van der Waals surface area contributed by atoms with Crippen LogP contribution in [0.2, 0.25) is 5.02 Å². The lowest BCUT2D eigenvalue weighted by Crippen LogP contribution is -2.40. The van der Waals surface area contributed by atoms with Crippen LogP contribution in [0.4, 0.5) is 0 Å². The summed E-state index contributed by atoms with van der Waals surface area (Å²) in [5.41, 5.74) is 0.433. The smallest absolute Gasteiger partial charge is 0.326 e. The lowest BCUT2D eigenvalue weighted by Gasteiger charge is -2.13. The van der Waals surface area contributed by atoms with Crippen molar-refractivity contribution in [1.29, 1.82) is 0 Å². The Morgan fingerprint density at radius 1 is 1.61 bits per heavy atom. The molecule has 5 nitrogen and oxygen atoms in total. The summed E-state index contributed by atoms with van der Waals surface area (Å²) in [6.45, 7) is 1.71. The first-order valence-corrected chi connectivity index (χ1v) is 6.31. The fraction of sp³-hybridized carbons (Fsp3) is 0.500. The lowest BCUT2D eigenvalue weighted by atomic mass is 10.2. The summed E-state index contributed by atoms with van der Waals surface area (Å²) in [6.07, 6.45) is 4.12. The van der Waals surface area contributed by atoms with Crippen molar-refractivity contribution in [2.45, 2.75) is 38.3 Å². The number of nitrogens with zero attached hydrogens (tertiary/aromatic N) is 1. The molecule has 18 heavy (non-hydrogen) atoms. The van der Waals surface area contributed by atoms with Gasteiger partial charge in [-0.25, -0.2) is 4.79 Å². The molecule has 0 radical (unpaired) electrons. The summed E-state index contributed by atoms with van der Waals surface area (Å²) < 4.78 is 1.83. The van der Waals surface area contributed by atoms with E-state index in [1.165, 1.54) is 0 Å². The lowest BCUT2D eigenvalue weighted by molar-refractivity contribution is -0.139. The number of carbonyl (C=O) groups is 2. The summed E-state index contributed by atoms with van der Waals surface area (Å²) in [5, 5.41) is 11.9. The van der Waals surface area contributed by atoms with Gasteiger partial charge in [0.1, 0.15) is 11.7 Å². The van der Waals surface area contributed by atoms with Gasteiger partial charge in [0.15, 0.2) is 0 Å². The molecule has 1 amide bonds. The monoisotopic (exact) mass is 270 g/mol. The van der Waals surface area contributed by atoms with E-state index in [4.69, 9.17) is 16.7 Å². The maximum Gasteiger partial charge on any atom is 0.326 e. The summed E-state index contributed by atoms with van der Waals surface area (Å²) in [7, 11) is 0. The summed E-state index contributed by atoms with van der Waals surface area (Å²) in [5.74, 6) is -1.41. The molecule has 1 unspecified atom stereocenters. The second-order valence-corrected chi connectivity index (χ2v) is 4.89. The van der Waals surface area contributed by atoms with Gasteiger partial charge in [-0.2, -0.15) is 0 Å². The van der Waals surface area contributed by atoms with Gasteiger partial charge >= 0.3 is 5.97 Å². The summed E-state index contributed by atoms with van der Waals surface area (Å²) in [6, 6.07) is 1.03. The summed E-state index contributed by atoms with van der Waals surface area (Å²) >= 11 is 5.90. The molecule has 1 heterocycles. The van der Waals surface area contributed by atoms with Crippen molar-refractivity contribution in [2.24, 2.45) is 0 Å². The van der Waals surface area contributed by atoms with Crippen LogP contribution in [-0.2, 0) is 4.79 Å². The largest absolute Gasteiger partial charge is 0.480 e. The van der Waals surface area contributed by atoms with Crippen molar-refractivity contribution in [3.05, 3.63) is 23.0 Å². The van der Waals surface area contributed by atoms with Crippen LogP contribution in [0.5, 0.6) is 0 Å². The standard InChI is InChI=1S/C12H15ClN2O3/c1-2-9(12(17)18)14-11(16)10-5-7(13)6-15(10)8-3-4-8/h5-6,8-9H,2-4H2,1H3,(H,14,16)(H,17,18). The number of amides is 1. The number of carboxylic acid groups (broad SMARTS) is 1. The minimum absolute atomic E-state index is 0.322. The Labute approximate surface area is 110 Å². The van der Waals surface area contributed by atoms with Crippen LogP contribution in [0.15, 0.2) is 12.3 Å². The topological polar surface area (TPSA) is 71.3 Å². The van der Waals surface area contributed by atoms with Gasteiger partial charge in [0, 0.05) is 12.2 Å². The molecule has 2 rings (SSSR count). The Bertz CT molecular complexity index is 480. The second-order valence-electron chi connectivity index (χ2n) is 4.45. The van der Waals surface area contributed by atoms with E-state index < -0.39 is 12.0 Å². The molecule has 6 heteroatoms. The Morgan fingerprint density at radius 2 is 2.28 bits per heavy atom. The molecular formula is C12H15ClN2O3. The third kappa shape index (κ3) is 2.67. The van der Waals surface area contributed by atoms with Crippen molar-refractivity contribution < 1.29 is 14.7 Å². The molecule has 1 atom stereocenters. The molecule has 1 aliphatic carbocycles. The predicted molar refractivity (Wildman–Crippen MR) is 66.9 cm³/mol. The number of hydrogen-bond donors (Lipinski definition) is 2. The predicted octanol–water partition coefficient (Wildman–Crippen LogP) is 2.07. The third-order valence-corrected chi connectivity index (χ3v) is 3.21. The van der Waals surface area contributed by atoms with Gasteiger partial charge in [-0.1, -0.05) is 18.5 Å². The molecule has 0 bridgehead atoms. The van der Waals surface area contributed by atoms with Crippen LogP contribution in [0.3, 0.4) is 0 Å². The van der Waals surface area contributed by atoms with Crippen molar-refractivity contribution in [1.82, 2.24) is 9.88 Å². The van der Waals surface area contributed by atoms with E-state index in [1.807, 2.05) is 4.57 Å². The van der Waals surface area contributed by atoms with Crippen molar-refractivity contribution in [2.75, 3.05) is 0 Å². The first-order chi connectivity index (χ1) is 8.52. The Hall–Kier alpha value is -1.49. The molecule has 0 aromatic carbocycles. The van der Waals surface area contributed by atoms with Crippen LogP contribution < -0.4 is 5.32 Å². The van der Waals surface area contributed by atoms with Gasteiger partial charge < -0.3 is 15.0 Å². The first-order valence-electron chi connectivity index (χ1n) is 5.94. The zero-order valence-corrected chi connectivity index (χ0v) is 10.8. The quantitative estimate of drug-likeness (QED) is 0.860. The van der Waals surface area contributed by atoms with Gasteiger partial charge in [0.25, 0.3) is 5.91 Å². The van der Waals surface area contributed by atoms with E-state index in [-0.39, 0.29) is 5.91 Å². The molecule has 1 fully saturated rings. The zero-order chi connectivity index (χ0) is 13.3. The third-order valence-electron chi connectivity index (χ3n) is 3.00. The van der Waals surface area contributed by atoms with Gasteiger partial charge in [-0.3, -0.25) is 4.79 Å². The number of carbonyl (C=O) groups excluding carboxylic acids is 1. The molecule has 0 spiro atoms. The zero-order valence-electron chi connectivity index (χ0n) is 10.0. The van der Waals surface area contributed by atoms with Crippen LogP contribution in [0.1, 0.15) is 42.7 Å². The van der Waals surface area contributed by atoms with Crippen molar-refractivity contribution >= 4 is 23.5 Å². The van der Waals surface area contributed by atoms with Crippen LogP contribution in [0.25, 0.3) is 0 Å². The second kappa shape index (κ2) is 5.02. The highest BCUT2D eigenvalue weighted by Gasteiger charge is 2.29. The van der Waals surface area contributed by atoms with E-state index in [0.717, 1.165) is 12.8 Å². The molecule has 1 aromatic heterocycles. The van der Waals surface area contributed by atoms with E-state index in [9.17, 15) is 9.59 Å². The SMILES string of the molecule is CCC(NC(=O)c1cc(Cl)cn1C1CC1)C(=O)O. The molecule has 98 valence electrons. The maximum atomic E-state index is 12.0. The van der Waals surface area contributed by atoms with Crippen molar-refractivity contribution in [3.8, 4) is 0 Å². The Balaban J connectivity index is 2.15. The minimum atomic E-state index is -1.03. The number of aliphatic carboxylic acids is 1. The molecule has 0 saturated heterocycles. The molecule has 0 aliphatic heterocycles. The Kier molecular flexibility index (Phi) is 3.61. The molecule has 1 saturated carbocycles. The van der Waals surface area contributed by atoms with E-state index in [2.05, 4.69) is 5.32 Å². The van der Waals surface area contributed by atoms with Gasteiger partial charge in [-0.15, -0.1) is 0 Å². The van der Waals surface area contributed by atoms with Gasteiger partial charge in [0.05, 0.1) is 5.02 Å². The maximum absolute atomic E-state index is 12.0. The normalized spacial score (nSPS) is 16.3. The number of carboxylic acids is 1. The first kappa shape index (κ1) is 13.0. The molecule has 1 aromatic rings. The highest BCUT2D eigenvalue weighted by molar-refractivity contribution is 6.31. The van der Waals surface area contributed by atoms with Crippen molar-refractivity contribution in [3.63, 3.8) is 0 Å². The molecule has 1 aliphatic rings. The molecule has 2 N–H and O–H groups in total. The Morgan fingerprint density at radius 3 is 2.78 bits per heavy atom. The number of rotatable bonds is 5. The fourth-order valence-corrected chi connectivity index (χ4v) is 2.06. The number of aromatic nitrogens is 1. The van der Waals surface area contributed by atoms with Crippen LogP contribution in [0, 0.1) is 0 Å². The van der Waals surface area contributed by atoms with Gasteiger partial charge in [-0.05, 0) is 25.3 Å². The van der Waals surface area contributed by atoms with Crippen LogP contribution in [-0.4, -0.2) is 27.6 Å². The van der Waals surface area contributed by atoms with E-state index in [0.29, 0.717) is 23.2 Å². The number of hydrogen-bond acceptors (Lipinski definition) is 2. The fourth-order valence-electron chi connectivity index (χ4n) is 1.85. The minimum Gasteiger partial charge on any atom is -0.480 e. The molecular weight excluding hydrogens is 256 g/mol. The van der Waals surface area contributed by atoms with Gasteiger partial charge in [0.2, 0.25) is 0 Å². The van der Waals surface area contributed by atoms with E-state index in [1.54, 1.807) is 19.2 Å². The number of halogens is 1. The number of nitrogens with one attached hydrogen (secondary N) is 1.